The Morgan fingerprint density at radius 2 is 1.95 bits per heavy atom. The monoisotopic (exact) mass is 331 g/mol. The van der Waals surface area contributed by atoms with Gasteiger partial charge in [0.25, 0.3) is 0 Å². The molecule has 5 nitrogen and oxygen atoms in total. The Labute approximate surface area is 136 Å². The molecule has 1 aromatic heterocycles. The highest BCUT2D eigenvalue weighted by Crippen LogP contribution is 2.36. The van der Waals surface area contributed by atoms with Gasteiger partial charge < -0.3 is 5.73 Å². The number of halogens is 2. The fraction of sp³-hybridized carbons (Fsp3) is 0.0667. The van der Waals surface area contributed by atoms with E-state index in [0.29, 0.717) is 22.0 Å². The molecule has 2 heterocycles. The molecule has 0 amide bonds. The van der Waals surface area contributed by atoms with Gasteiger partial charge in [0.15, 0.2) is 12.1 Å². The SMILES string of the molecule is NC1=N[C@@H](c2ccc(Cl)cc2Cl)n2c(nc3ccccc32)N1. The summed E-state index contributed by atoms with van der Waals surface area (Å²) in [5.41, 5.74) is 8.54. The number of guanidine groups is 1. The zero-order valence-electron chi connectivity index (χ0n) is 11.3. The number of rotatable bonds is 1. The Kier molecular flexibility index (Phi) is 2.99. The van der Waals surface area contributed by atoms with Crippen molar-refractivity contribution in [3.8, 4) is 0 Å². The Balaban J connectivity index is 1.98. The van der Waals surface area contributed by atoms with Crippen molar-refractivity contribution in [2.24, 2.45) is 10.7 Å². The Morgan fingerprint density at radius 1 is 1.14 bits per heavy atom. The van der Waals surface area contributed by atoms with Gasteiger partial charge in [-0.3, -0.25) is 9.88 Å². The first-order valence-electron chi connectivity index (χ1n) is 6.66. The maximum atomic E-state index is 6.35. The lowest BCUT2D eigenvalue weighted by Gasteiger charge is -2.24. The first-order valence-corrected chi connectivity index (χ1v) is 7.41. The van der Waals surface area contributed by atoms with Gasteiger partial charge in [-0.05, 0) is 24.3 Å². The quantitative estimate of drug-likeness (QED) is 0.715. The van der Waals surface area contributed by atoms with Crippen molar-refractivity contribution in [1.29, 1.82) is 0 Å². The third-order valence-corrected chi connectivity index (χ3v) is 4.14. The van der Waals surface area contributed by atoms with E-state index in [2.05, 4.69) is 15.3 Å². The topological polar surface area (TPSA) is 68.2 Å². The van der Waals surface area contributed by atoms with Gasteiger partial charge in [-0.1, -0.05) is 41.4 Å². The van der Waals surface area contributed by atoms with E-state index in [1.807, 2.05) is 34.9 Å². The summed E-state index contributed by atoms with van der Waals surface area (Å²) in [4.78, 5) is 9.03. The molecule has 0 fully saturated rings. The fourth-order valence-electron chi connectivity index (χ4n) is 2.64. The van der Waals surface area contributed by atoms with E-state index >= 15 is 0 Å². The van der Waals surface area contributed by atoms with Crippen LogP contribution in [-0.2, 0) is 0 Å². The minimum Gasteiger partial charge on any atom is -0.370 e. The summed E-state index contributed by atoms with van der Waals surface area (Å²) < 4.78 is 1.97. The van der Waals surface area contributed by atoms with Crippen LogP contribution in [0.4, 0.5) is 5.95 Å². The van der Waals surface area contributed by atoms with Crippen LogP contribution in [0.25, 0.3) is 11.0 Å². The van der Waals surface area contributed by atoms with E-state index in [-0.39, 0.29) is 6.17 Å². The third kappa shape index (κ3) is 2.01. The van der Waals surface area contributed by atoms with Crippen molar-refractivity contribution in [3.05, 3.63) is 58.1 Å². The van der Waals surface area contributed by atoms with Crippen molar-refractivity contribution in [3.63, 3.8) is 0 Å². The molecule has 0 bridgehead atoms. The molecule has 1 aliphatic heterocycles. The second-order valence-corrected chi connectivity index (χ2v) is 5.82. The maximum Gasteiger partial charge on any atom is 0.212 e. The largest absolute Gasteiger partial charge is 0.370 e. The number of para-hydroxylation sites is 2. The van der Waals surface area contributed by atoms with E-state index in [1.165, 1.54) is 0 Å². The van der Waals surface area contributed by atoms with E-state index in [1.54, 1.807) is 12.1 Å². The number of aromatic nitrogens is 2. The van der Waals surface area contributed by atoms with Crippen molar-refractivity contribution >= 4 is 46.1 Å². The summed E-state index contributed by atoms with van der Waals surface area (Å²) in [6.07, 6.45) is -0.381. The summed E-state index contributed by atoms with van der Waals surface area (Å²) in [5, 5.41) is 4.11. The van der Waals surface area contributed by atoms with Crippen LogP contribution in [0.1, 0.15) is 11.7 Å². The molecule has 22 heavy (non-hydrogen) atoms. The van der Waals surface area contributed by atoms with Crippen LogP contribution in [0.5, 0.6) is 0 Å². The van der Waals surface area contributed by atoms with E-state index in [9.17, 15) is 0 Å². The number of aliphatic imine (C=N–C) groups is 1. The van der Waals surface area contributed by atoms with Crippen molar-refractivity contribution in [1.82, 2.24) is 9.55 Å². The molecule has 110 valence electrons. The molecule has 3 aromatic rings. The van der Waals surface area contributed by atoms with Crippen LogP contribution in [0.2, 0.25) is 10.0 Å². The molecule has 0 radical (unpaired) electrons. The van der Waals surface area contributed by atoms with Gasteiger partial charge in [0.05, 0.1) is 11.0 Å². The number of nitrogens with two attached hydrogens (primary N) is 1. The number of nitrogens with one attached hydrogen (secondary N) is 1. The van der Waals surface area contributed by atoms with Gasteiger partial charge in [0.2, 0.25) is 5.95 Å². The smallest absolute Gasteiger partial charge is 0.212 e. The van der Waals surface area contributed by atoms with Gasteiger partial charge in [-0.2, -0.15) is 0 Å². The lowest BCUT2D eigenvalue weighted by molar-refractivity contribution is 0.626. The first kappa shape index (κ1) is 13.4. The van der Waals surface area contributed by atoms with Gasteiger partial charge in [-0.25, -0.2) is 9.98 Å². The van der Waals surface area contributed by atoms with Crippen LogP contribution in [-0.4, -0.2) is 15.5 Å². The van der Waals surface area contributed by atoms with Crippen molar-refractivity contribution in [2.45, 2.75) is 6.17 Å². The number of imidazole rings is 1. The average Bonchev–Trinajstić information content (AvgIpc) is 2.84. The Hall–Kier alpha value is -2.24. The van der Waals surface area contributed by atoms with Crippen molar-refractivity contribution in [2.75, 3.05) is 5.32 Å². The molecule has 0 unspecified atom stereocenters. The van der Waals surface area contributed by atoms with Crippen molar-refractivity contribution < 1.29 is 0 Å². The predicted octanol–water partition coefficient (Wildman–Crippen LogP) is 3.63. The molecular weight excluding hydrogens is 321 g/mol. The predicted molar refractivity (Wildman–Crippen MR) is 89.6 cm³/mol. The van der Waals surface area contributed by atoms with Gasteiger partial charge in [-0.15, -0.1) is 0 Å². The highest BCUT2D eigenvalue weighted by Gasteiger charge is 2.26. The second-order valence-electron chi connectivity index (χ2n) is 4.97. The highest BCUT2D eigenvalue weighted by molar-refractivity contribution is 6.35. The molecule has 7 heteroatoms. The first-order chi connectivity index (χ1) is 10.6. The third-order valence-electron chi connectivity index (χ3n) is 3.58. The maximum absolute atomic E-state index is 6.35. The lowest BCUT2D eigenvalue weighted by atomic mass is 10.1. The normalized spacial score (nSPS) is 17.0. The minimum atomic E-state index is -0.381. The Bertz CT molecular complexity index is 915. The zero-order chi connectivity index (χ0) is 15.3. The fourth-order valence-corrected chi connectivity index (χ4v) is 3.14. The standard InChI is InChI=1S/C15H11Cl2N5/c16-8-5-6-9(10(17)7-8)13-20-14(18)21-15-19-11-3-1-2-4-12(11)22(13)15/h1-7,13H,(H3,18,19,20,21)/t13-/m1/s1. The molecule has 0 saturated heterocycles. The van der Waals surface area contributed by atoms with E-state index in [0.717, 1.165) is 16.6 Å². The van der Waals surface area contributed by atoms with Gasteiger partial charge >= 0.3 is 0 Å². The number of benzene rings is 2. The molecule has 0 aliphatic carbocycles. The molecule has 3 N–H and O–H groups in total. The zero-order valence-corrected chi connectivity index (χ0v) is 12.8. The second kappa shape index (κ2) is 4.90. The van der Waals surface area contributed by atoms with Gasteiger partial charge in [0.1, 0.15) is 0 Å². The number of nitrogens with zero attached hydrogens (tertiary/aromatic N) is 3. The molecule has 0 saturated carbocycles. The number of hydrogen-bond donors (Lipinski definition) is 2. The van der Waals surface area contributed by atoms with Crippen LogP contribution in [0, 0.1) is 0 Å². The van der Waals surface area contributed by atoms with E-state index < -0.39 is 0 Å². The summed E-state index contributed by atoms with van der Waals surface area (Å²) in [6.45, 7) is 0. The molecule has 4 rings (SSSR count). The summed E-state index contributed by atoms with van der Waals surface area (Å²) in [5.74, 6) is 0.948. The molecule has 1 atom stereocenters. The minimum absolute atomic E-state index is 0.304. The van der Waals surface area contributed by atoms with Gasteiger partial charge in [0, 0.05) is 15.6 Å². The van der Waals surface area contributed by atoms with Crippen LogP contribution >= 0.6 is 23.2 Å². The van der Waals surface area contributed by atoms with E-state index in [4.69, 9.17) is 28.9 Å². The molecule has 2 aromatic carbocycles. The molecular formula is C15H11Cl2N5. The summed E-state index contributed by atoms with van der Waals surface area (Å²) in [7, 11) is 0. The van der Waals surface area contributed by atoms with Crippen LogP contribution in [0.15, 0.2) is 47.5 Å². The highest BCUT2D eigenvalue weighted by atomic mass is 35.5. The summed E-state index contributed by atoms with van der Waals surface area (Å²) in [6, 6.07) is 13.2. The molecule has 0 spiro atoms. The number of hydrogen-bond acceptors (Lipinski definition) is 4. The van der Waals surface area contributed by atoms with Crippen LogP contribution < -0.4 is 11.1 Å². The average molecular weight is 332 g/mol. The van der Waals surface area contributed by atoms with Crippen LogP contribution in [0.3, 0.4) is 0 Å². The number of anilines is 1. The molecule has 1 aliphatic rings. The Morgan fingerprint density at radius 3 is 2.77 bits per heavy atom. The lowest BCUT2D eigenvalue weighted by Crippen LogP contribution is -2.31. The number of fused-ring (bicyclic) bond motifs is 3. The summed E-state index contributed by atoms with van der Waals surface area (Å²) >= 11 is 12.3.